The lowest BCUT2D eigenvalue weighted by Crippen LogP contribution is -2.49. The molecule has 2 N–H and O–H groups in total. The maximum Gasteiger partial charge on any atom is 0.337 e. The van der Waals surface area contributed by atoms with E-state index in [1.54, 1.807) is 11.3 Å². The molecule has 0 amide bonds. The number of aromatic carboxylic acids is 1. The van der Waals surface area contributed by atoms with Crippen molar-refractivity contribution in [2.45, 2.75) is 38.3 Å². The molecule has 1 aliphatic heterocycles. The summed E-state index contributed by atoms with van der Waals surface area (Å²) < 4.78 is 7.06. The number of aryl methyl sites for hydroxylation is 1. The van der Waals surface area contributed by atoms with E-state index in [4.69, 9.17) is 16.3 Å². The first-order valence-electron chi connectivity index (χ1n) is 11.2. The van der Waals surface area contributed by atoms with Crippen molar-refractivity contribution in [2.24, 2.45) is 0 Å². The van der Waals surface area contributed by atoms with E-state index in [0.717, 1.165) is 38.3 Å². The molecule has 1 saturated carbocycles. The standard InChI is InChI=1S/C25H27ClN2O3S.ClH/c1-15-24(20-7-6-17(26)12-23(20)32-15)16-5-8-22(21(11-16)25(29)30)28-9-10-31-19(14-28)13-27-18-3-2-4-18;/h5-8,11-12,18-19,27H,2-4,9-10,13-14H2,1H3,(H,29,30);1H/t19-;/m1./s1. The highest BCUT2D eigenvalue weighted by Gasteiger charge is 2.26. The van der Waals surface area contributed by atoms with Crippen LogP contribution in [0.2, 0.25) is 5.02 Å². The van der Waals surface area contributed by atoms with Crippen molar-refractivity contribution in [3.05, 3.63) is 51.9 Å². The lowest BCUT2D eigenvalue weighted by atomic mass is 9.93. The molecule has 2 heterocycles. The Morgan fingerprint density at radius 3 is 2.82 bits per heavy atom. The number of anilines is 1. The van der Waals surface area contributed by atoms with Gasteiger partial charge < -0.3 is 20.1 Å². The third-order valence-corrected chi connectivity index (χ3v) is 7.87. The van der Waals surface area contributed by atoms with Gasteiger partial charge in [-0.2, -0.15) is 0 Å². The maximum absolute atomic E-state index is 12.2. The second-order valence-electron chi connectivity index (χ2n) is 8.69. The largest absolute Gasteiger partial charge is 0.478 e. The van der Waals surface area contributed by atoms with Crippen molar-refractivity contribution in [1.82, 2.24) is 5.32 Å². The first kappa shape index (κ1) is 24.3. The Morgan fingerprint density at radius 2 is 2.09 bits per heavy atom. The molecule has 1 atom stereocenters. The Morgan fingerprint density at radius 1 is 1.27 bits per heavy atom. The van der Waals surface area contributed by atoms with Crippen LogP contribution in [-0.2, 0) is 4.74 Å². The predicted molar refractivity (Wildman–Crippen MR) is 139 cm³/mol. The molecule has 2 aromatic carbocycles. The summed E-state index contributed by atoms with van der Waals surface area (Å²) in [5, 5.41) is 15.4. The van der Waals surface area contributed by atoms with Crippen LogP contribution in [0.5, 0.6) is 0 Å². The minimum atomic E-state index is -0.905. The van der Waals surface area contributed by atoms with Gasteiger partial charge in [0.1, 0.15) is 0 Å². The number of rotatable bonds is 6. The first-order chi connectivity index (χ1) is 15.5. The van der Waals surface area contributed by atoms with Crippen molar-refractivity contribution in [3.8, 4) is 11.1 Å². The van der Waals surface area contributed by atoms with Gasteiger partial charge in [0.25, 0.3) is 0 Å². The molecule has 0 unspecified atom stereocenters. The van der Waals surface area contributed by atoms with Crippen LogP contribution >= 0.6 is 35.3 Å². The summed E-state index contributed by atoms with van der Waals surface area (Å²) in [6.45, 7) is 4.87. The average molecular weight is 507 g/mol. The summed E-state index contributed by atoms with van der Waals surface area (Å²) in [4.78, 5) is 15.5. The zero-order valence-corrected chi connectivity index (χ0v) is 20.9. The van der Waals surface area contributed by atoms with Gasteiger partial charge in [0.05, 0.1) is 24.0 Å². The van der Waals surface area contributed by atoms with E-state index in [1.165, 1.54) is 19.3 Å². The van der Waals surface area contributed by atoms with Crippen LogP contribution in [0.1, 0.15) is 34.5 Å². The molecule has 2 fully saturated rings. The first-order valence-corrected chi connectivity index (χ1v) is 12.4. The van der Waals surface area contributed by atoms with Gasteiger partial charge in [0.2, 0.25) is 0 Å². The van der Waals surface area contributed by atoms with Crippen molar-refractivity contribution in [2.75, 3.05) is 31.1 Å². The fraction of sp³-hybridized carbons (Fsp3) is 0.400. The minimum Gasteiger partial charge on any atom is -0.478 e. The molecule has 33 heavy (non-hydrogen) atoms. The van der Waals surface area contributed by atoms with Crippen LogP contribution in [0.15, 0.2) is 36.4 Å². The molecule has 2 aliphatic rings. The maximum atomic E-state index is 12.2. The number of thiophene rings is 1. The normalized spacial score (nSPS) is 18.7. The number of carboxylic acids is 1. The van der Waals surface area contributed by atoms with E-state index in [1.807, 2.05) is 36.4 Å². The Balaban J connectivity index is 0.00000259. The Kier molecular flexibility index (Phi) is 7.51. The van der Waals surface area contributed by atoms with E-state index in [0.29, 0.717) is 36.3 Å². The summed E-state index contributed by atoms with van der Waals surface area (Å²) >= 11 is 7.85. The zero-order chi connectivity index (χ0) is 22.2. The smallest absolute Gasteiger partial charge is 0.337 e. The fourth-order valence-corrected chi connectivity index (χ4v) is 6.02. The summed E-state index contributed by atoms with van der Waals surface area (Å²) in [6, 6.07) is 12.3. The highest BCUT2D eigenvalue weighted by Crippen LogP contribution is 2.40. The zero-order valence-electron chi connectivity index (χ0n) is 18.5. The lowest BCUT2D eigenvalue weighted by molar-refractivity contribution is 0.0370. The topological polar surface area (TPSA) is 61.8 Å². The Labute approximate surface area is 209 Å². The average Bonchev–Trinajstić information content (AvgIpc) is 3.07. The van der Waals surface area contributed by atoms with Crippen LogP contribution in [0, 0.1) is 6.92 Å². The van der Waals surface area contributed by atoms with Gasteiger partial charge in [0.15, 0.2) is 0 Å². The molecular formula is C25H28Cl2N2O3S. The van der Waals surface area contributed by atoms with Gasteiger partial charge in [-0.3, -0.25) is 0 Å². The van der Waals surface area contributed by atoms with Crippen LogP contribution < -0.4 is 10.2 Å². The van der Waals surface area contributed by atoms with Crippen molar-refractivity contribution >= 4 is 57.1 Å². The van der Waals surface area contributed by atoms with Crippen LogP contribution in [0.25, 0.3) is 21.2 Å². The second kappa shape index (κ2) is 10.2. The molecule has 1 aliphatic carbocycles. The van der Waals surface area contributed by atoms with Crippen molar-refractivity contribution in [1.29, 1.82) is 0 Å². The predicted octanol–water partition coefficient (Wildman–Crippen LogP) is 6.00. The lowest BCUT2D eigenvalue weighted by Gasteiger charge is -2.37. The molecule has 3 aromatic rings. The van der Waals surface area contributed by atoms with Gasteiger partial charge in [-0.1, -0.05) is 30.2 Å². The number of morpholine rings is 1. The summed E-state index contributed by atoms with van der Waals surface area (Å²) in [5.41, 5.74) is 3.11. The summed E-state index contributed by atoms with van der Waals surface area (Å²) in [7, 11) is 0. The number of hydrogen-bond acceptors (Lipinski definition) is 5. The molecule has 1 aromatic heterocycles. The van der Waals surface area contributed by atoms with Crippen LogP contribution in [0.3, 0.4) is 0 Å². The number of nitrogens with zero attached hydrogens (tertiary/aromatic N) is 1. The number of nitrogens with one attached hydrogen (secondary N) is 1. The molecule has 8 heteroatoms. The van der Waals surface area contributed by atoms with Gasteiger partial charge in [0, 0.05) is 51.2 Å². The molecule has 1 saturated heterocycles. The number of carboxylic acid groups (broad SMARTS) is 1. The van der Waals surface area contributed by atoms with E-state index in [-0.39, 0.29) is 18.5 Å². The Bertz CT molecular complexity index is 1160. The van der Waals surface area contributed by atoms with Crippen LogP contribution in [0.4, 0.5) is 5.69 Å². The molecule has 5 nitrogen and oxygen atoms in total. The number of ether oxygens (including phenoxy) is 1. The quantitative estimate of drug-likeness (QED) is 0.429. The van der Waals surface area contributed by atoms with Crippen molar-refractivity contribution < 1.29 is 14.6 Å². The number of benzene rings is 2. The molecule has 5 rings (SSSR count). The third kappa shape index (κ3) is 5.00. The van der Waals surface area contributed by atoms with Gasteiger partial charge in [-0.05, 0) is 49.6 Å². The summed E-state index contributed by atoms with van der Waals surface area (Å²) in [6.07, 6.45) is 3.85. The Hall–Kier alpha value is -1.83. The molecular weight excluding hydrogens is 479 g/mol. The van der Waals surface area contributed by atoms with E-state index < -0.39 is 5.97 Å². The van der Waals surface area contributed by atoms with E-state index >= 15 is 0 Å². The van der Waals surface area contributed by atoms with Gasteiger partial charge in [-0.25, -0.2) is 4.79 Å². The number of hydrogen-bond donors (Lipinski definition) is 2. The van der Waals surface area contributed by atoms with Crippen molar-refractivity contribution in [3.63, 3.8) is 0 Å². The van der Waals surface area contributed by atoms with Gasteiger partial charge in [-0.15, -0.1) is 23.7 Å². The number of fused-ring (bicyclic) bond motifs is 1. The van der Waals surface area contributed by atoms with Gasteiger partial charge >= 0.3 is 5.97 Å². The van der Waals surface area contributed by atoms with E-state index in [2.05, 4.69) is 17.1 Å². The third-order valence-electron chi connectivity index (χ3n) is 6.56. The SMILES string of the molecule is Cc1sc2cc(Cl)ccc2c1-c1ccc(N2CCO[C@H](CNC3CCC3)C2)c(C(=O)O)c1.Cl. The van der Waals surface area contributed by atoms with Crippen LogP contribution in [-0.4, -0.2) is 49.5 Å². The number of carbonyl (C=O) groups is 1. The number of halogens is 2. The highest BCUT2D eigenvalue weighted by atomic mass is 35.5. The molecule has 0 spiro atoms. The highest BCUT2D eigenvalue weighted by molar-refractivity contribution is 7.19. The second-order valence-corrected chi connectivity index (χ2v) is 10.4. The summed E-state index contributed by atoms with van der Waals surface area (Å²) in [5.74, 6) is -0.905. The monoisotopic (exact) mass is 506 g/mol. The fourth-order valence-electron chi connectivity index (χ4n) is 4.66. The minimum absolute atomic E-state index is 0. The molecule has 176 valence electrons. The van der Waals surface area contributed by atoms with E-state index in [9.17, 15) is 9.90 Å². The molecule has 0 radical (unpaired) electrons. The molecule has 0 bridgehead atoms.